The number of halogens is 2. The predicted octanol–water partition coefficient (Wildman–Crippen LogP) is 0.709. The fraction of sp³-hybridized carbons (Fsp3) is 0.312. The fourth-order valence-electron chi connectivity index (χ4n) is 4.46. The van der Waals surface area contributed by atoms with Crippen molar-refractivity contribution < 1.29 is 50.7 Å². The average Bonchev–Trinajstić information content (AvgIpc) is 3.52. The summed E-state index contributed by atoms with van der Waals surface area (Å²) in [5.74, 6) is 1.26. The molecular formula is C32H42Cl2HfSi2. The van der Waals surface area contributed by atoms with E-state index in [4.69, 9.17) is 0 Å². The van der Waals surface area contributed by atoms with E-state index < -0.39 is 16.1 Å². The molecule has 37 heavy (non-hydrogen) atoms. The molecule has 0 amide bonds. The molecule has 0 spiro atoms. The Balaban J connectivity index is 0.000000648. The van der Waals surface area contributed by atoms with Gasteiger partial charge in [0.2, 0.25) is 0 Å². The van der Waals surface area contributed by atoms with Gasteiger partial charge in [-0.1, -0.05) is 125 Å². The van der Waals surface area contributed by atoms with Crippen LogP contribution >= 0.6 is 0 Å². The zero-order valence-electron chi connectivity index (χ0n) is 23.6. The Labute approximate surface area is 259 Å². The maximum Gasteiger partial charge on any atom is 4.00 e. The summed E-state index contributed by atoms with van der Waals surface area (Å²) >= 11 is 0. The SMILES string of the molecule is CC(C)c1cc([Si](C)(C)c2ccccc2)c[cH-]1.CC(C)c1cc([Si](C)(C)c2ccccc2)c[cH-]1.[Cl-].[Cl-].[Hf+4]. The minimum atomic E-state index is -1.48. The Morgan fingerprint density at radius 3 is 1.05 bits per heavy atom. The average molecular weight is 732 g/mol. The van der Waals surface area contributed by atoms with Gasteiger partial charge in [0.05, 0.1) is 0 Å². The number of benzene rings is 2. The normalized spacial score (nSPS) is 11.1. The van der Waals surface area contributed by atoms with Gasteiger partial charge in [-0.2, -0.15) is 45.8 Å². The van der Waals surface area contributed by atoms with E-state index in [1.807, 2.05) is 0 Å². The molecule has 0 bridgehead atoms. The Hall–Kier alpha value is -0.976. The molecule has 0 radical (unpaired) electrons. The van der Waals surface area contributed by atoms with E-state index in [0.29, 0.717) is 11.8 Å². The zero-order chi connectivity index (χ0) is 24.9. The van der Waals surface area contributed by atoms with Crippen LogP contribution in [0.5, 0.6) is 0 Å². The van der Waals surface area contributed by atoms with E-state index >= 15 is 0 Å². The van der Waals surface area contributed by atoms with Gasteiger partial charge in [0.15, 0.2) is 0 Å². The molecule has 0 aliphatic heterocycles. The summed E-state index contributed by atoms with van der Waals surface area (Å²) in [6, 6.07) is 35.9. The van der Waals surface area contributed by atoms with Gasteiger partial charge >= 0.3 is 25.8 Å². The van der Waals surface area contributed by atoms with Gasteiger partial charge in [-0.15, -0.1) is 0 Å². The van der Waals surface area contributed by atoms with Crippen LogP contribution in [0, 0.1) is 0 Å². The first-order valence-corrected chi connectivity index (χ1v) is 18.7. The third kappa shape index (κ3) is 9.03. The van der Waals surface area contributed by atoms with E-state index in [0.717, 1.165) is 0 Å². The molecule has 0 aromatic heterocycles. The van der Waals surface area contributed by atoms with Crippen LogP contribution in [0.15, 0.2) is 97.1 Å². The van der Waals surface area contributed by atoms with Crippen molar-refractivity contribution in [2.45, 2.75) is 65.7 Å². The molecule has 0 atom stereocenters. The van der Waals surface area contributed by atoms with Gasteiger partial charge in [-0.25, -0.2) is 12.1 Å². The zero-order valence-corrected chi connectivity index (χ0v) is 30.8. The van der Waals surface area contributed by atoms with Crippen molar-refractivity contribution in [3.05, 3.63) is 108 Å². The summed E-state index contributed by atoms with van der Waals surface area (Å²) in [6.07, 6.45) is 0. The molecule has 0 heterocycles. The molecular weight excluding hydrogens is 690 g/mol. The molecule has 4 aromatic rings. The first-order chi connectivity index (χ1) is 16.0. The van der Waals surface area contributed by atoms with Crippen molar-refractivity contribution in [2.75, 3.05) is 0 Å². The third-order valence-electron chi connectivity index (χ3n) is 7.32. The van der Waals surface area contributed by atoms with Gasteiger partial charge in [0.25, 0.3) is 0 Å². The topological polar surface area (TPSA) is 0 Å². The predicted molar refractivity (Wildman–Crippen MR) is 159 cm³/mol. The Morgan fingerprint density at radius 2 is 0.811 bits per heavy atom. The molecule has 4 aromatic carbocycles. The largest absolute Gasteiger partial charge is 4.00 e. The maximum absolute atomic E-state index is 2.43. The van der Waals surface area contributed by atoms with Crippen LogP contribution in [0.2, 0.25) is 26.2 Å². The summed E-state index contributed by atoms with van der Waals surface area (Å²) < 4.78 is 0. The fourth-order valence-corrected chi connectivity index (χ4v) is 9.24. The molecule has 0 aliphatic rings. The Morgan fingerprint density at radius 1 is 0.514 bits per heavy atom. The molecule has 0 fully saturated rings. The van der Waals surface area contributed by atoms with Crippen LogP contribution in [0.3, 0.4) is 0 Å². The second kappa shape index (κ2) is 15.6. The summed E-state index contributed by atoms with van der Waals surface area (Å²) in [5.41, 5.74) is 2.94. The quantitative estimate of drug-likeness (QED) is 0.203. The van der Waals surface area contributed by atoms with Crippen molar-refractivity contribution in [1.29, 1.82) is 0 Å². The maximum atomic E-state index is 2.43. The second-order valence-corrected chi connectivity index (χ2v) is 20.0. The van der Waals surface area contributed by atoms with Gasteiger partial charge in [0.1, 0.15) is 0 Å². The Kier molecular flexibility index (Phi) is 15.2. The van der Waals surface area contributed by atoms with Crippen LogP contribution in [0.1, 0.15) is 50.7 Å². The number of rotatable bonds is 6. The summed E-state index contributed by atoms with van der Waals surface area (Å²) in [6.45, 7) is 18.8. The molecule has 196 valence electrons. The van der Waals surface area contributed by atoms with Crippen molar-refractivity contribution in [1.82, 2.24) is 0 Å². The van der Waals surface area contributed by atoms with Crippen LogP contribution < -0.4 is 45.6 Å². The van der Waals surface area contributed by atoms with Gasteiger partial charge in [-0.3, -0.25) is 0 Å². The smallest absolute Gasteiger partial charge is 1.00 e. The van der Waals surface area contributed by atoms with Crippen LogP contribution in [-0.4, -0.2) is 16.1 Å². The second-order valence-electron chi connectivity index (χ2n) is 11.2. The molecule has 0 saturated heterocycles. The molecule has 0 N–H and O–H groups in total. The molecule has 0 saturated carbocycles. The monoisotopic (exact) mass is 732 g/mol. The summed E-state index contributed by atoms with van der Waals surface area (Å²) in [5, 5.41) is 6.13. The van der Waals surface area contributed by atoms with E-state index in [9.17, 15) is 0 Å². The van der Waals surface area contributed by atoms with Gasteiger partial charge in [0, 0.05) is 16.1 Å². The minimum absolute atomic E-state index is 0. The summed E-state index contributed by atoms with van der Waals surface area (Å²) in [7, 11) is -2.96. The molecule has 4 rings (SSSR count). The third-order valence-corrected chi connectivity index (χ3v) is 14.4. The van der Waals surface area contributed by atoms with Gasteiger partial charge in [-0.05, 0) is 11.8 Å². The minimum Gasteiger partial charge on any atom is -1.00 e. The van der Waals surface area contributed by atoms with Crippen molar-refractivity contribution >= 4 is 36.9 Å². The van der Waals surface area contributed by atoms with Gasteiger partial charge < -0.3 is 24.8 Å². The van der Waals surface area contributed by atoms with Crippen LogP contribution in [-0.2, 0) is 25.8 Å². The first kappa shape index (κ1) is 36.0. The molecule has 0 nitrogen and oxygen atoms in total. The summed E-state index contributed by atoms with van der Waals surface area (Å²) in [4.78, 5) is 0. The van der Waals surface area contributed by atoms with Crippen molar-refractivity contribution in [2.24, 2.45) is 0 Å². The first-order valence-electron chi connectivity index (χ1n) is 12.7. The standard InChI is InChI=1S/2C16H21Si.2ClH.Hf/c2*1-13(2)14-10-11-16(12-14)17(3,4)15-8-6-5-7-9-15;;;/h2*5-13H,1-4H3;2*1H;/q2*-1;;;+4/p-2. The van der Waals surface area contributed by atoms with E-state index in [-0.39, 0.29) is 50.7 Å². The molecule has 0 unspecified atom stereocenters. The van der Waals surface area contributed by atoms with Crippen molar-refractivity contribution in [3.8, 4) is 0 Å². The van der Waals surface area contributed by atoms with Crippen LogP contribution in [0.25, 0.3) is 0 Å². The number of hydrogen-bond donors (Lipinski definition) is 0. The molecule has 0 aliphatic carbocycles. The van der Waals surface area contributed by atoms with E-state index in [1.165, 1.54) is 21.5 Å². The van der Waals surface area contributed by atoms with E-state index in [1.54, 1.807) is 10.4 Å². The van der Waals surface area contributed by atoms with Crippen molar-refractivity contribution in [3.63, 3.8) is 0 Å². The van der Waals surface area contributed by atoms with E-state index in [2.05, 4.69) is 151 Å². The molecule has 5 heteroatoms. The van der Waals surface area contributed by atoms with Crippen LogP contribution in [0.4, 0.5) is 0 Å². The Bertz CT molecular complexity index is 1070. The number of hydrogen-bond acceptors (Lipinski definition) is 0.